The lowest BCUT2D eigenvalue weighted by Crippen LogP contribution is -2.51. The van der Waals surface area contributed by atoms with Crippen molar-refractivity contribution in [2.75, 3.05) is 18.0 Å². The van der Waals surface area contributed by atoms with E-state index in [9.17, 15) is 13.9 Å². The molecule has 1 aromatic heterocycles. The Morgan fingerprint density at radius 1 is 1.24 bits per heavy atom. The van der Waals surface area contributed by atoms with Crippen LogP contribution >= 0.6 is 23.2 Å². The van der Waals surface area contributed by atoms with Gasteiger partial charge in [-0.15, -0.1) is 0 Å². The van der Waals surface area contributed by atoms with Crippen LogP contribution in [0.1, 0.15) is 31.2 Å². The third-order valence-corrected chi connectivity index (χ3v) is 6.58. The van der Waals surface area contributed by atoms with Gasteiger partial charge in [-0.1, -0.05) is 42.3 Å². The lowest BCUT2D eigenvalue weighted by Gasteiger charge is -2.43. The summed E-state index contributed by atoms with van der Waals surface area (Å²) in [5, 5.41) is 10.7. The van der Waals surface area contributed by atoms with Gasteiger partial charge in [0.1, 0.15) is 5.69 Å². The maximum atomic E-state index is 13.1. The van der Waals surface area contributed by atoms with Crippen LogP contribution in [0.15, 0.2) is 18.2 Å². The van der Waals surface area contributed by atoms with E-state index in [4.69, 9.17) is 28.9 Å². The van der Waals surface area contributed by atoms with E-state index in [0.717, 1.165) is 0 Å². The standard InChI is InChI=1S/C20H24Cl2F2N4O/c1-11-16(12-4-3-5-13(21)15(12)22)27-14(10-29)19(26-11)28-8-6-20(2,7-9-28)17(25)18(23)24/h3-5,17-18,29H,6-10,25H2,1-2H3/t17-/m0/s1. The zero-order valence-corrected chi connectivity index (χ0v) is 17.8. The van der Waals surface area contributed by atoms with Crippen LogP contribution in [0.4, 0.5) is 14.6 Å². The summed E-state index contributed by atoms with van der Waals surface area (Å²) in [6.07, 6.45) is -1.54. The monoisotopic (exact) mass is 444 g/mol. The number of benzene rings is 1. The summed E-state index contributed by atoms with van der Waals surface area (Å²) in [5.74, 6) is 0.555. The van der Waals surface area contributed by atoms with Gasteiger partial charge in [-0.25, -0.2) is 18.7 Å². The number of aromatic nitrogens is 2. The van der Waals surface area contributed by atoms with Crippen LogP contribution < -0.4 is 10.6 Å². The number of nitrogens with zero attached hydrogens (tertiary/aromatic N) is 3. The largest absolute Gasteiger partial charge is 0.390 e. The first-order chi connectivity index (χ1) is 13.7. The molecule has 3 rings (SSSR count). The van der Waals surface area contributed by atoms with E-state index in [2.05, 4.69) is 9.97 Å². The minimum Gasteiger partial charge on any atom is -0.390 e. The Labute approximate surface area is 178 Å². The van der Waals surface area contributed by atoms with Gasteiger partial charge >= 0.3 is 0 Å². The fourth-order valence-electron chi connectivity index (χ4n) is 3.71. The van der Waals surface area contributed by atoms with Crippen molar-refractivity contribution in [2.24, 2.45) is 11.1 Å². The number of anilines is 1. The summed E-state index contributed by atoms with van der Waals surface area (Å²) >= 11 is 12.4. The van der Waals surface area contributed by atoms with Crippen molar-refractivity contribution in [1.82, 2.24) is 9.97 Å². The summed E-state index contributed by atoms with van der Waals surface area (Å²) in [4.78, 5) is 11.2. The molecular formula is C20H24Cl2F2N4O. The number of piperidine rings is 1. The van der Waals surface area contributed by atoms with Crippen molar-refractivity contribution < 1.29 is 13.9 Å². The van der Waals surface area contributed by atoms with Gasteiger partial charge in [-0.2, -0.15) is 0 Å². The van der Waals surface area contributed by atoms with E-state index in [1.54, 1.807) is 25.1 Å². The van der Waals surface area contributed by atoms with Crippen LogP contribution in [0.2, 0.25) is 10.0 Å². The molecule has 0 bridgehead atoms. The molecule has 0 amide bonds. The average molecular weight is 445 g/mol. The SMILES string of the molecule is Cc1nc(N2CCC(C)([C@@H](N)C(F)F)CC2)c(CO)nc1-c1cccc(Cl)c1Cl. The Bertz CT molecular complexity index is 889. The van der Waals surface area contributed by atoms with Crippen LogP contribution in [0.5, 0.6) is 0 Å². The molecule has 0 unspecified atom stereocenters. The minimum atomic E-state index is -2.55. The molecule has 5 nitrogen and oxygen atoms in total. The highest BCUT2D eigenvalue weighted by Crippen LogP contribution is 2.39. The average Bonchev–Trinajstić information content (AvgIpc) is 2.70. The molecule has 1 aromatic carbocycles. The molecule has 29 heavy (non-hydrogen) atoms. The second-order valence-electron chi connectivity index (χ2n) is 7.69. The Morgan fingerprint density at radius 3 is 2.48 bits per heavy atom. The van der Waals surface area contributed by atoms with Gasteiger partial charge in [0.15, 0.2) is 5.82 Å². The van der Waals surface area contributed by atoms with Crippen LogP contribution in [-0.4, -0.2) is 40.6 Å². The number of hydrogen-bond acceptors (Lipinski definition) is 5. The molecule has 2 heterocycles. The van der Waals surface area contributed by atoms with Crippen molar-refractivity contribution in [1.29, 1.82) is 0 Å². The van der Waals surface area contributed by atoms with Gasteiger partial charge in [0.25, 0.3) is 6.43 Å². The van der Waals surface area contributed by atoms with Crippen molar-refractivity contribution in [3.8, 4) is 11.3 Å². The molecule has 1 atom stereocenters. The number of aryl methyl sites for hydroxylation is 1. The highest BCUT2D eigenvalue weighted by atomic mass is 35.5. The molecular weight excluding hydrogens is 421 g/mol. The fourth-order valence-corrected chi connectivity index (χ4v) is 4.10. The molecule has 1 aliphatic rings. The zero-order chi connectivity index (χ0) is 21.3. The molecule has 0 saturated carbocycles. The van der Waals surface area contributed by atoms with Gasteiger partial charge in [0.05, 0.1) is 34.1 Å². The first kappa shape index (κ1) is 22.2. The maximum absolute atomic E-state index is 13.1. The molecule has 3 N–H and O–H groups in total. The van der Waals surface area contributed by atoms with E-state index >= 15 is 0 Å². The number of alkyl halides is 2. The molecule has 158 valence electrons. The van der Waals surface area contributed by atoms with Gasteiger partial charge in [-0.05, 0) is 31.2 Å². The van der Waals surface area contributed by atoms with E-state index in [0.29, 0.717) is 64.4 Å². The van der Waals surface area contributed by atoms with Gasteiger partial charge in [0, 0.05) is 18.7 Å². The zero-order valence-electron chi connectivity index (χ0n) is 16.3. The van der Waals surface area contributed by atoms with Crippen LogP contribution in [0, 0.1) is 12.3 Å². The second kappa shape index (κ2) is 8.68. The predicted molar refractivity (Wildman–Crippen MR) is 112 cm³/mol. The Kier molecular flexibility index (Phi) is 6.63. The smallest absolute Gasteiger partial charge is 0.254 e. The quantitative estimate of drug-likeness (QED) is 0.712. The number of halogens is 4. The summed E-state index contributed by atoms with van der Waals surface area (Å²) < 4.78 is 26.2. The van der Waals surface area contributed by atoms with Crippen molar-refractivity contribution in [3.05, 3.63) is 39.6 Å². The van der Waals surface area contributed by atoms with Crippen LogP contribution in [0.25, 0.3) is 11.3 Å². The summed E-state index contributed by atoms with van der Waals surface area (Å²) in [7, 11) is 0. The molecule has 1 aliphatic heterocycles. The minimum absolute atomic E-state index is 0.307. The molecule has 0 spiro atoms. The predicted octanol–water partition coefficient (Wildman–Crippen LogP) is 4.45. The third-order valence-electron chi connectivity index (χ3n) is 5.76. The first-order valence-corrected chi connectivity index (χ1v) is 10.1. The lowest BCUT2D eigenvalue weighted by atomic mass is 9.74. The normalized spacial score (nSPS) is 17.6. The highest BCUT2D eigenvalue weighted by molar-refractivity contribution is 6.43. The summed E-state index contributed by atoms with van der Waals surface area (Å²) in [6.45, 7) is 4.32. The number of aliphatic hydroxyl groups excluding tert-OH is 1. The summed E-state index contributed by atoms with van der Waals surface area (Å²) in [5.41, 5.74) is 7.33. The Morgan fingerprint density at radius 2 is 1.90 bits per heavy atom. The molecule has 1 fully saturated rings. The topological polar surface area (TPSA) is 75.3 Å². The second-order valence-corrected chi connectivity index (χ2v) is 8.47. The van der Waals surface area contributed by atoms with Gasteiger partial charge < -0.3 is 15.7 Å². The number of rotatable bonds is 5. The lowest BCUT2D eigenvalue weighted by molar-refractivity contribution is 0.0377. The van der Waals surface area contributed by atoms with E-state index in [1.165, 1.54) is 0 Å². The molecule has 0 aliphatic carbocycles. The first-order valence-electron chi connectivity index (χ1n) is 9.39. The van der Waals surface area contributed by atoms with Crippen LogP contribution in [-0.2, 0) is 6.61 Å². The van der Waals surface area contributed by atoms with Crippen molar-refractivity contribution in [2.45, 2.75) is 45.8 Å². The Hall–Kier alpha value is -1.54. The maximum Gasteiger partial charge on any atom is 0.254 e. The molecule has 0 radical (unpaired) electrons. The van der Waals surface area contributed by atoms with E-state index in [1.807, 2.05) is 11.8 Å². The van der Waals surface area contributed by atoms with E-state index in [-0.39, 0.29) is 6.61 Å². The molecule has 9 heteroatoms. The van der Waals surface area contributed by atoms with E-state index < -0.39 is 17.9 Å². The summed E-state index contributed by atoms with van der Waals surface area (Å²) in [6, 6.07) is 4.09. The fraction of sp³-hybridized carbons (Fsp3) is 0.500. The third kappa shape index (κ3) is 4.33. The number of hydrogen-bond donors (Lipinski definition) is 2. The number of aliphatic hydroxyl groups is 1. The van der Waals surface area contributed by atoms with Crippen LogP contribution in [0.3, 0.4) is 0 Å². The Balaban J connectivity index is 1.90. The highest BCUT2D eigenvalue weighted by Gasteiger charge is 2.40. The van der Waals surface area contributed by atoms with Crippen molar-refractivity contribution >= 4 is 29.0 Å². The van der Waals surface area contributed by atoms with Gasteiger partial charge in [0.2, 0.25) is 0 Å². The number of nitrogens with two attached hydrogens (primary N) is 1. The molecule has 1 saturated heterocycles. The van der Waals surface area contributed by atoms with Gasteiger partial charge in [-0.3, -0.25) is 0 Å². The molecule has 2 aromatic rings. The van der Waals surface area contributed by atoms with Crippen molar-refractivity contribution in [3.63, 3.8) is 0 Å².